The molecule has 1 amide bonds. The van der Waals surface area contributed by atoms with E-state index < -0.39 is 0 Å². The van der Waals surface area contributed by atoms with Crippen molar-refractivity contribution >= 4 is 56.7 Å². The zero-order valence-corrected chi connectivity index (χ0v) is 27.9. The number of allylic oxidation sites excluding steroid dienone is 12. The van der Waals surface area contributed by atoms with Crippen molar-refractivity contribution in [2.75, 3.05) is 5.32 Å². The summed E-state index contributed by atoms with van der Waals surface area (Å²) >= 11 is 0. The van der Waals surface area contributed by atoms with Crippen LogP contribution in [0.15, 0.2) is 189 Å². The quantitative estimate of drug-likeness (QED) is 0.233. The summed E-state index contributed by atoms with van der Waals surface area (Å²) in [6.07, 6.45) is 26.9. The summed E-state index contributed by atoms with van der Waals surface area (Å²) in [5, 5.41) is 2.86. The molecule has 0 fully saturated rings. The molecule has 3 aromatic heterocycles. The molecule has 9 rings (SSSR count). The maximum atomic E-state index is 11.8. The number of anilines is 1. The lowest BCUT2D eigenvalue weighted by Crippen LogP contribution is -2.06. The van der Waals surface area contributed by atoms with Gasteiger partial charge in [-0.15, -0.1) is 0 Å². The Morgan fingerprint density at radius 3 is 0.981 bits per heavy atom. The van der Waals surface area contributed by atoms with Gasteiger partial charge in [0.05, 0.1) is 45.6 Å². The van der Waals surface area contributed by atoms with Crippen LogP contribution >= 0.6 is 0 Å². The number of benzene rings is 1. The van der Waals surface area contributed by atoms with Crippen molar-refractivity contribution in [2.24, 2.45) is 20.0 Å². The van der Waals surface area contributed by atoms with Gasteiger partial charge >= 0.3 is 0 Å². The first kappa shape index (κ1) is 30.8. The van der Waals surface area contributed by atoms with Crippen molar-refractivity contribution in [3.63, 3.8) is 0 Å². The second-order valence-corrected chi connectivity index (χ2v) is 12.3. The highest BCUT2D eigenvalue weighted by Crippen LogP contribution is 2.38. The first-order valence-electron chi connectivity index (χ1n) is 16.7. The normalized spacial score (nSPS) is 17.2. The molecular weight excluding hydrogens is 645 g/mol. The highest BCUT2D eigenvalue weighted by molar-refractivity contribution is 6.39. The molecule has 0 radical (unpaired) electrons. The molecule has 0 spiro atoms. The molecular formula is C43H28N8O. The van der Waals surface area contributed by atoms with Crippen LogP contribution in [0.3, 0.4) is 0 Å². The number of aliphatic imine (C=N–C) groups is 4. The number of aromatic nitrogens is 3. The number of fused-ring (bicyclic) bond motifs is 4. The molecule has 0 saturated heterocycles. The molecule has 52 heavy (non-hydrogen) atoms. The van der Waals surface area contributed by atoms with E-state index in [4.69, 9.17) is 20.0 Å². The second kappa shape index (κ2) is 12.9. The molecule has 9 heteroatoms. The van der Waals surface area contributed by atoms with Gasteiger partial charge < -0.3 is 5.32 Å². The van der Waals surface area contributed by atoms with Gasteiger partial charge in [-0.3, -0.25) is 19.7 Å². The predicted octanol–water partition coefficient (Wildman–Crippen LogP) is 7.83. The number of pyridine rings is 3. The van der Waals surface area contributed by atoms with Gasteiger partial charge in [0, 0.05) is 72.1 Å². The SMILES string of the molecule is CC(=O)Nc1ccc(C2=C3C=CC(=N3)C(c3ccncc3)=C3C=CC(=N3)C(c3ccncc3)=C3C=CC(=N3)C(c3ccncc3)=C3C=CC2=N3)cc1. The number of hydrogen-bond donors (Lipinski definition) is 1. The van der Waals surface area contributed by atoms with Crippen LogP contribution in [0.5, 0.6) is 0 Å². The van der Waals surface area contributed by atoms with Gasteiger partial charge in [-0.1, -0.05) is 12.1 Å². The first-order chi connectivity index (χ1) is 25.6. The fraction of sp³-hybridized carbons (Fsp3) is 0.0233. The Kier molecular flexibility index (Phi) is 7.63. The maximum absolute atomic E-state index is 11.8. The third-order valence-electron chi connectivity index (χ3n) is 9.01. The molecule has 0 saturated carbocycles. The summed E-state index contributed by atoms with van der Waals surface area (Å²) in [5.41, 5.74) is 14.1. The Morgan fingerprint density at radius 2 is 0.692 bits per heavy atom. The average Bonchev–Trinajstić information content (AvgIpc) is 4.01. The summed E-state index contributed by atoms with van der Waals surface area (Å²) < 4.78 is 0. The van der Waals surface area contributed by atoms with E-state index in [1.54, 1.807) is 37.2 Å². The van der Waals surface area contributed by atoms with Gasteiger partial charge in [-0.2, -0.15) is 0 Å². The van der Waals surface area contributed by atoms with Crippen molar-refractivity contribution in [2.45, 2.75) is 6.92 Å². The molecule has 0 unspecified atom stereocenters. The minimum Gasteiger partial charge on any atom is -0.326 e. The van der Waals surface area contributed by atoms with Crippen molar-refractivity contribution in [3.8, 4) is 0 Å². The maximum Gasteiger partial charge on any atom is 0.221 e. The molecule has 8 heterocycles. The van der Waals surface area contributed by atoms with Crippen molar-refractivity contribution in [1.29, 1.82) is 0 Å². The summed E-state index contributed by atoms with van der Waals surface area (Å²) in [4.78, 5) is 45.7. The smallest absolute Gasteiger partial charge is 0.221 e. The predicted molar refractivity (Wildman–Crippen MR) is 207 cm³/mol. The number of nitrogens with zero attached hydrogens (tertiary/aromatic N) is 7. The van der Waals surface area contributed by atoms with Gasteiger partial charge in [-0.05, 0) is 119 Å². The van der Waals surface area contributed by atoms with E-state index in [9.17, 15) is 4.79 Å². The molecule has 1 aromatic carbocycles. The van der Waals surface area contributed by atoms with E-state index in [-0.39, 0.29) is 5.91 Å². The third kappa shape index (κ3) is 5.66. The van der Waals surface area contributed by atoms with E-state index in [0.717, 1.165) is 90.2 Å². The number of amides is 1. The minimum atomic E-state index is -0.132. The monoisotopic (exact) mass is 672 g/mol. The van der Waals surface area contributed by atoms with Crippen molar-refractivity contribution in [1.82, 2.24) is 15.0 Å². The van der Waals surface area contributed by atoms with Crippen LogP contribution in [0.1, 0.15) is 29.2 Å². The Labute approximate surface area is 299 Å². The standard InChI is InChI=1S/C43H28N8O/c1-26(52)47-31-4-2-27(3-5-31)40-32-6-8-34(48-32)41(28-14-20-44-21-15-28)36-10-12-38(50-36)43(30-18-24-46-25-19-30)39-13-11-37(51-39)42(29-16-22-45-23-17-29)35-9-7-33(40)49-35/h2-25H,1H3,(H,47,52). The number of hydrogen-bond acceptors (Lipinski definition) is 8. The number of carbonyl (C=O) groups is 1. The second-order valence-electron chi connectivity index (χ2n) is 12.3. The molecule has 5 aliphatic heterocycles. The molecule has 4 aromatic rings. The van der Waals surface area contributed by atoms with E-state index in [1.807, 2.05) is 109 Å². The Morgan fingerprint density at radius 1 is 0.404 bits per heavy atom. The van der Waals surface area contributed by atoms with Crippen LogP contribution in [0.4, 0.5) is 5.69 Å². The number of carbonyl (C=O) groups excluding carboxylic acids is 1. The van der Waals surface area contributed by atoms with E-state index >= 15 is 0 Å². The van der Waals surface area contributed by atoms with Crippen LogP contribution in [0.25, 0.3) is 22.3 Å². The Balaban J connectivity index is 1.34. The molecule has 8 bridgehead atoms. The van der Waals surface area contributed by atoms with E-state index in [0.29, 0.717) is 5.69 Å². The molecule has 1 N–H and O–H groups in total. The first-order valence-corrected chi connectivity index (χ1v) is 16.7. The highest BCUT2D eigenvalue weighted by atomic mass is 16.1. The summed E-state index contributed by atoms with van der Waals surface area (Å²) in [5.74, 6) is -0.132. The minimum absolute atomic E-state index is 0.132. The van der Waals surface area contributed by atoms with Gasteiger partial charge in [0.2, 0.25) is 5.91 Å². The molecule has 0 atom stereocenters. The molecule has 246 valence electrons. The summed E-state index contributed by atoms with van der Waals surface area (Å²) in [7, 11) is 0. The lowest BCUT2D eigenvalue weighted by atomic mass is 9.98. The van der Waals surface area contributed by atoms with E-state index in [1.165, 1.54) is 6.92 Å². The highest BCUT2D eigenvalue weighted by Gasteiger charge is 2.27. The zero-order chi connectivity index (χ0) is 35.0. The van der Waals surface area contributed by atoms with Crippen LogP contribution < -0.4 is 5.32 Å². The lowest BCUT2D eigenvalue weighted by molar-refractivity contribution is -0.114. The van der Waals surface area contributed by atoms with Crippen molar-refractivity contribution in [3.05, 3.63) is 191 Å². The van der Waals surface area contributed by atoms with Crippen LogP contribution in [0, 0.1) is 0 Å². The fourth-order valence-electron chi connectivity index (χ4n) is 6.75. The van der Waals surface area contributed by atoms with Gasteiger partial charge in [0.25, 0.3) is 0 Å². The lowest BCUT2D eigenvalue weighted by Gasteiger charge is -2.12. The molecule has 9 nitrogen and oxygen atoms in total. The van der Waals surface area contributed by atoms with Gasteiger partial charge in [0.15, 0.2) is 0 Å². The zero-order valence-electron chi connectivity index (χ0n) is 27.9. The third-order valence-corrected chi connectivity index (χ3v) is 9.01. The van der Waals surface area contributed by atoms with Gasteiger partial charge in [-0.25, -0.2) is 20.0 Å². The average molecular weight is 673 g/mol. The van der Waals surface area contributed by atoms with Crippen LogP contribution in [-0.2, 0) is 4.79 Å². The van der Waals surface area contributed by atoms with E-state index in [2.05, 4.69) is 20.3 Å². The molecule has 0 aliphatic carbocycles. The van der Waals surface area contributed by atoms with Crippen LogP contribution in [-0.4, -0.2) is 43.7 Å². The number of rotatable bonds is 5. The molecule has 5 aliphatic rings. The van der Waals surface area contributed by atoms with Crippen molar-refractivity contribution < 1.29 is 4.79 Å². The fourth-order valence-corrected chi connectivity index (χ4v) is 6.75. The Bertz CT molecular complexity index is 2520. The van der Waals surface area contributed by atoms with Gasteiger partial charge in [0.1, 0.15) is 0 Å². The summed E-state index contributed by atoms with van der Waals surface area (Å²) in [6.45, 7) is 1.50. The number of nitrogens with one attached hydrogen (secondary N) is 1. The summed E-state index contributed by atoms with van der Waals surface area (Å²) in [6, 6.07) is 19.6. The topological polar surface area (TPSA) is 117 Å². The largest absolute Gasteiger partial charge is 0.326 e. The van der Waals surface area contributed by atoms with Crippen LogP contribution in [0.2, 0.25) is 0 Å². The Hall–Kier alpha value is -7.26.